The van der Waals surface area contributed by atoms with Gasteiger partial charge in [-0.25, -0.2) is 9.97 Å². The molecule has 27 heavy (non-hydrogen) atoms. The number of halogens is 5. The number of aromatic nitrogens is 2. The largest absolute Gasteiger partial charge is 0.416 e. The Bertz CT molecular complexity index is 932. The third-order valence-electron chi connectivity index (χ3n) is 3.83. The van der Waals surface area contributed by atoms with E-state index in [-0.39, 0.29) is 6.54 Å². The van der Waals surface area contributed by atoms with Gasteiger partial charge in [0.1, 0.15) is 12.1 Å². The monoisotopic (exact) mass is 412 g/mol. The molecule has 9 heteroatoms. The summed E-state index contributed by atoms with van der Waals surface area (Å²) in [6, 6.07) is 9.50. The summed E-state index contributed by atoms with van der Waals surface area (Å²) in [6.07, 6.45) is -1.57. The van der Waals surface area contributed by atoms with Crippen LogP contribution in [0.2, 0.25) is 10.0 Å². The SMILES string of the molecule is NCc1c(Cl)cc(Cl)cc1N(c1ccc(C(F)(F)F)cc1)c1ccncn1. The van der Waals surface area contributed by atoms with Crippen molar-refractivity contribution in [1.29, 1.82) is 0 Å². The normalized spacial score (nSPS) is 11.5. The lowest BCUT2D eigenvalue weighted by Gasteiger charge is -2.27. The van der Waals surface area contributed by atoms with Gasteiger partial charge in [0.25, 0.3) is 0 Å². The summed E-state index contributed by atoms with van der Waals surface area (Å²) in [7, 11) is 0. The molecule has 140 valence electrons. The highest BCUT2D eigenvalue weighted by Crippen LogP contribution is 2.40. The summed E-state index contributed by atoms with van der Waals surface area (Å²) in [5, 5.41) is 0.712. The number of hydrogen-bond donors (Lipinski definition) is 1. The molecule has 0 saturated carbocycles. The first kappa shape index (κ1) is 19.4. The molecule has 1 heterocycles. The van der Waals surface area contributed by atoms with E-state index in [0.29, 0.717) is 32.8 Å². The van der Waals surface area contributed by atoms with E-state index in [1.807, 2.05) is 0 Å². The molecule has 0 amide bonds. The molecule has 0 radical (unpaired) electrons. The second kappa shape index (κ2) is 7.72. The molecule has 1 aromatic heterocycles. The number of nitrogens with two attached hydrogens (primary N) is 1. The highest BCUT2D eigenvalue weighted by molar-refractivity contribution is 6.35. The minimum atomic E-state index is -4.43. The van der Waals surface area contributed by atoms with Crippen LogP contribution in [0.3, 0.4) is 0 Å². The van der Waals surface area contributed by atoms with Gasteiger partial charge in [-0.15, -0.1) is 0 Å². The number of benzene rings is 2. The van der Waals surface area contributed by atoms with E-state index in [2.05, 4.69) is 9.97 Å². The van der Waals surface area contributed by atoms with Crippen LogP contribution in [0.4, 0.5) is 30.4 Å². The van der Waals surface area contributed by atoms with Crippen LogP contribution in [0.25, 0.3) is 0 Å². The second-order valence-electron chi connectivity index (χ2n) is 5.54. The van der Waals surface area contributed by atoms with Gasteiger partial charge in [-0.2, -0.15) is 13.2 Å². The van der Waals surface area contributed by atoms with Gasteiger partial charge in [0.2, 0.25) is 0 Å². The molecule has 0 bridgehead atoms. The van der Waals surface area contributed by atoms with Crippen LogP contribution < -0.4 is 10.6 Å². The van der Waals surface area contributed by atoms with E-state index in [9.17, 15) is 13.2 Å². The van der Waals surface area contributed by atoms with Crippen molar-refractivity contribution in [1.82, 2.24) is 9.97 Å². The van der Waals surface area contributed by atoms with Gasteiger partial charge in [-0.3, -0.25) is 4.90 Å². The molecule has 2 N–H and O–H groups in total. The van der Waals surface area contributed by atoms with E-state index < -0.39 is 11.7 Å². The fourth-order valence-corrected chi connectivity index (χ4v) is 3.16. The highest BCUT2D eigenvalue weighted by Gasteiger charge is 2.30. The van der Waals surface area contributed by atoms with E-state index in [1.165, 1.54) is 24.7 Å². The van der Waals surface area contributed by atoms with Gasteiger partial charge in [0.05, 0.1) is 11.3 Å². The lowest BCUT2D eigenvalue weighted by molar-refractivity contribution is -0.137. The lowest BCUT2D eigenvalue weighted by atomic mass is 10.1. The van der Waals surface area contributed by atoms with Gasteiger partial charge < -0.3 is 5.73 Å². The van der Waals surface area contributed by atoms with Gasteiger partial charge in [-0.1, -0.05) is 23.2 Å². The first-order valence-corrected chi connectivity index (χ1v) is 8.48. The number of hydrogen-bond acceptors (Lipinski definition) is 4. The third-order valence-corrected chi connectivity index (χ3v) is 4.39. The van der Waals surface area contributed by atoms with E-state index in [1.54, 1.807) is 23.1 Å². The number of alkyl halides is 3. The van der Waals surface area contributed by atoms with Crippen molar-refractivity contribution in [3.05, 3.63) is 76.2 Å². The Labute approximate surface area is 163 Å². The Morgan fingerprint density at radius 2 is 1.74 bits per heavy atom. The van der Waals surface area contributed by atoms with Gasteiger partial charge in [0.15, 0.2) is 0 Å². The summed E-state index contributed by atoms with van der Waals surface area (Å²) >= 11 is 12.4. The topological polar surface area (TPSA) is 55.0 Å². The fourth-order valence-electron chi connectivity index (χ4n) is 2.60. The zero-order valence-corrected chi connectivity index (χ0v) is 15.2. The minimum Gasteiger partial charge on any atom is -0.326 e. The fraction of sp³-hybridized carbons (Fsp3) is 0.111. The molecular formula is C18H13Cl2F3N4. The molecule has 0 fully saturated rings. The Hall–Kier alpha value is -2.35. The third kappa shape index (κ3) is 4.16. The smallest absolute Gasteiger partial charge is 0.326 e. The Morgan fingerprint density at radius 1 is 1.04 bits per heavy atom. The first-order chi connectivity index (χ1) is 12.8. The second-order valence-corrected chi connectivity index (χ2v) is 6.38. The lowest BCUT2D eigenvalue weighted by Crippen LogP contribution is -2.16. The van der Waals surface area contributed by atoms with Gasteiger partial charge >= 0.3 is 6.18 Å². The number of rotatable bonds is 4. The molecule has 2 aromatic carbocycles. The highest BCUT2D eigenvalue weighted by atomic mass is 35.5. The summed E-state index contributed by atoms with van der Waals surface area (Å²) in [5.74, 6) is 0.429. The zero-order valence-electron chi connectivity index (χ0n) is 13.7. The molecule has 0 aliphatic heterocycles. The maximum Gasteiger partial charge on any atom is 0.416 e. The minimum absolute atomic E-state index is 0.105. The average molecular weight is 413 g/mol. The van der Waals surface area contributed by atoms with Crippen LogP contribution in [0, 0.1) is 0 Å². The summed E-state index contributed by atoms with van der Waals surface area (Å²) in [5.41, 5.74) is 6.63. The van der Waals surface area contributed by atoms with E-state index in [4.69, 9.17) is 28.9 Å². The van der Waals surface area contributed by atoms with Crippen LogP contribution in [-0.4, -0.2) is 9.97 Å². The summed E-state index contributed by atoms with van der Waals surface area (Å²) in [4.78, 5) is 9.71. The predicted molar refractivity (Wildman–Crippen MR) is 99.6 cm³/mol. The molecule has 3 rings (SSSR count). The Morgan fingerprint density at radius 3 is 2.30 bits per heavy atom. The molecule has 0 aliphatic carbocycles. The molecule has 4 nitrogen and oxygen atoms in total. The molecule has 0 atom stereocenters. The summed E-state index contributed by atoms with van der Waals surface area (Å²) in [6.45, 7) is 0.105. The van der Waals surface area contributed by atoms with Crippen LogP contribution in [0.1, 0.15) is 11.1 Å². The van der Waals surface area contributed by atoms with Crippen LogP contribution in [0.5, 0.6) is 0 Å². The molecule has 3 aromatic rings. The maximum atomic E-state index is 12.9. The van der Waals surface area contributed by atoms with Crippen molar-refractivity contribution in [2.45, 2.75) is 12.7 Å². The molecular weight excluding hydrogens is 400 g/mol. The van der Waals surface area contributed by atoms with Crippen LogP contribution in [-0.2, 0) is 12.7 Å². The number of anilines is 3. The van der Waals surface area contributed by atoms with E-state index >= 15 is 0 Å². The van der Waals surface area contributed by atoms with Crippen molar-refractivity contribution < 1.29 is 13.2 Å². The zero-order chi connectivity index (χ0) is 19.6. The van der Waals surface area contributed by atoms with Crippen molar-refractivity contribution in [2.75, 3.05) is 4.90 Å². The standard InChI is InChI=1S/C18H13Cl2F3N4/c19-12-7-15(20)14(9-24)16(8-12)27(17-5-6-25-10-26-17)13-3-1-11(2-4-13)18(21,22)23/h1-8,10H,9,24H2. The average Bonchev–Trinajstić information content (AvgIpc) is 2.62. The van der Waals surface area contributed by atoms with Gasteiger partial charge in [-0.05, 0) is 42.5 Å². The van der Waals surface area contributed by atoms with Crippen molar-refractivity contribution >= 4 is 40.4 Å². The van der Waals surface area contributed by atoms with Crippen LogP contribution in [0.15, 0.2) is 55.0 Å². The molecule has 0 spiro atoms. The molecule has 0 unspecified atom stereocenters. The van der Waals surface area contributed by atoms with Crippen molar-refractivity contribution in [2.24, 2.45) is 5.73 Å². The van der Waals surface area contributed by atoms with E-state index in [0.717, 1.165) is 12.1 Å². The first-order valence-electron chi connectivity index (χ1n) is 7.72. The Kier molecular flexibility index (Phi) is 5.55. The number of nitrogens with zero attached hydrogens (tertiary/aromatic N) is 3. The van der Waals surface area contributed by atoms with Gasteiger partial charge in [0, 0.05) is 34.0 Å². The molecule has 0 saturated heterocycles. The van der Waals surface area contributed by atoms with Crippen molar-refractivity contribution in [3.63, 3.8) is 0 Å². The summed E-state index contributed by atoms with van der Waals surface area (Å²) < 4.78 is 38.7. The quantitative estimate of drug-likeness (QED) is 0.594. The molecule has 0 aliphatic rings. The van der Waals surface area contributed by atoms with Crippen LogP contribution >= 0.6 is 23.2 Å². The maximum absolute atomic E-state index is 12.9. The van der Waals surface area contributed by atoms with Crippen molar-refractivity contribution in [3.8, 4) is 0 Å². The predicted octanol–water partition coefficient (Wildman–Crippen LogP) is 5.73. The Balaban J connectivity index is 2.20.